The molecule has 0 amide bonds. The second kappa shape index (κ2) is 7.66. The van der Waals surface area contributed by atoms with Gasteiger partial charge in [-0.05, 0) is 36.3 Å². The van der Waals surface area contributed by atoms with Gasteiger partial charge in [0.1, 0.15) is 5.82 Å². The van der Waals surface area contributed by atoms with E-state index in [0.717, 1.165) is 5.56 Å². The van der Waals surface area contributed by atoms with E-state index in [2.05, 4.69) is 23.4 Å². The smallest absolute Gasteiger partial charge is 0.311 e. The third-order valence-corrected chi connectivity index (χ3v) is 4.12. The van der Waals surface area contributed by atoms with E-state index in [1.54, 1.807) is 24.4 Å². The van der Waals surface area contributed by atoms with Crippen molar-refractivity contribution >= 4 is 11.5 Å². The third-order valence-electron chi connectivity index (χ3n) is 4.12. The lowest BCUT2D eigenvalue weighted by molar-refractivity contribution is -0.384. The van der Waals surface area contributed by atoms with E-state index < -0.39 is 4.92 Å². The van der Waals surface area contributed by atoms with Gasteiger partial charge in [0.05, 0.1) is 10.6 Å². The average Bonchev–Trinajstić information content (AvgIpc) is 2.67. The Balaban J connectivity index is 1.63. The van der Waals surface area contributed by atoms with Crippen molar-refractivity contribution in [3.63, 3.8) is 0 Å². The first-order valence-electron chi connectivity index (χ1n) is 8.10. The molecule has 3 rings (SSSR count). The molecule has 0 N–H and O–H groups in total. The van der Waals surface area contributed by atoms with E-state index in [-0.39, 0.29) is 11.5 Å². The Bertz CT molecular complexity index is 878. The topological polar surface area (TPSA) is 62.5 Å². The molecule has 0 saturated carbocycles. The summed E-state index contributed by atoms with van der Waals surface area (Å²) in [5, 5.41) is 11.2. The molecule has 1 aliphatic rings. The van der Waals surface area contributed by atoms with Gasteiger partial charge < -0.3 is 9.80 Å². The summed E-state index contributed by atoms with van der Waals surface area (Å²) in [5.41, 5.74) is 1.40. The molecule has 1 fully saturated rings. The maximum Gasteiger partial charge on any atom is 0.311 e. The van der Waals surface area contributed by atoms with Crippen LogP contribution < -0.4 is 4.90 Å². The zero-order valence-electron chi connectivity index (χ0n) is 14.1. The summed E-state index contributed by atoms with van der Waals surface area (Å²) >= 11 is 0. The van der Waals surface area contributed by atoms with E-state index in [4.69, 9.17) is 0 Å². The van der Waals surface area contributed by atoms with Crippen LogP contribution in [0.5, 0.6) is 0 Å². The van der Waals surface area contributed by atoms with Gasteiger partial charge >= 0.3 is 5.69 Å². The number of pyridine rings is 1. The van der Waals surface area contributed by atoms with Crippen molar-refractivity contribution in [1.29, 1.82) is 0 Å². The lowest BCUT2D eigenvalue weighted by atomic mass is 10.2. The van der Waals surface area contributed by atoms with Gasteiger partial charge in [-0.2, -0.15) is 0 Å². The van der Waals surface area contributed by atoms with Crippen LogP contribution >= 0.6 is 0 Å². The van der Waals surface area contributed by atoms with Crippen LogP contribution in [0.25, 0.3) is 0 Å². The SMILES string of the molecule is C=C(C#Cc1ccc(F)cc1)N1CCN(c2ncccc2[N+](=O)[O-])CC1. The predicted molar refractivity (Wildman–Crippen MR) is 97.1 cm³/mol. The molecule has 1 aromatic carbocycles. The highest BCUT2D eigenvalue weighted by atomic mass is 19.1. The second-order valence-electron chi connectivity index (χ2n) is 5.78. The number of hydrogen-bond donors (Lipinski definition) is 0. The van der Waals surface area contributed by atoms with Gasteiger partial charge in [0.15, 0.2) is 0 Å². The number of nitro groups is 1. The highest BCUT2D eigenvalue weighted by Gasteiger charge is 2.24. The van der Waals surface area contributed by atoms with Crippen LogP contribution in [-0.2, 0) is 0 Å². The summed E-state index contributed by atoms with van der Waals surface area (Å²) < 4.78 is 12.9. The molecule has 1 saturated heterocycles. The van der Waals surface area contributed by atoms with Crippen molar-refractivity contribution in [2.45, 2.75) is 0 Å². The van der Waals surface area contributed by atoms with Crippen molar-refractivity contribution in [2.24, 2.45) is 0 Å². The zero-order valence-corrected chi connectivity index (χ0v) is 14.1. The first kappa shape index (κ1) is 17.4. The van der Waals surface area contributed by atoms with E-state index >= 15 is 0 Å². The standard InChI is InChI=1S/C19H17FN4O2/c1-15(4-5-16-6-8-17(20)9-7-16)22-11-13-23(14-12-22)19-18(24(25)26)3-2-10-21-19/h2-3,6-10H,1,11-14H2. The first-order chi connectivity index (χ1) is 12.5. The normalized spacial score (nSPS) is 13.7. The Morgan fingerprint density at radius 3 is 2.54 bits per heavy atom. The van der Waals surface area contributed by atoms with Gasteiger partial charge in [0.2, 0.25) is 5.82 Å². The van der Waals surface area contributed by atoms with Gasteiger partial charge in [-0.25, -0.2) is 9.37 Å². The Hall–Kier alpha value is -3.40. The number of hydrogen-bond acceptors (Lipinski definition) is 5. The monoisotopic (exact) mass is 352 g/mol. The minimum Gasteiger partial charge on any atom is -0.362 e. The molecule has 0 spiro atoms. The molecule has 7 heteroatoms. The molecule has 132 valence electrons. The number of nitrogens with zero attached hydrogens (tertiary/aromatic N) is 4. The molecule has 0 atom stereocenters. The summed E-state index contributed by atoms with van der Waals surface area (Å²) in [4.78, 5) is 18.8. The number of rotatable bonds is 3. The van der Waals surface area contributed by atoms with Gasteiger partial charge in [0.25, 0.3) is 0 Å². The Labute approximate surface area is 150 Å². The molecule has 0 radical (unpaired) electrons. The number of allylic oxidation sites excluding steroid dienone is 1. The molecule has 2 heterocycles. The summed E-state index contributed by atoms with van der Waals surface area (Å²) in [7, 11) is 0. The fourth-order valence-corrected chi connectivity index (χ4v) is 2.72. The van der Waals surface area contributed by atoms with Crippen molar-refractivity contribution in [2.75, 3.05) is 31.1 Å². The minimum absolute atomic E-state index is 0.0101. The van der Waals surface area contributed by atoms with Gasteiger partial charge in [-0.15, -0.1) is 0 Å². The lowest BCUT2D eigenvalue weighted by Gasteiger charge is -2.35. The zero-order chi connectivity index (χ0) is 18.5. The molecule has 1 aromatic heterocycles. The largest absolute Gasteiger partial charge is 0.362 e. The molecular formula is C19H17FN4O2. The number of benzene rings is 1. The lowest BCUT2D eigenvalue weighted by Crippen LogP contribution is -2.46. The van der Waals surface area contributed by atoms with Crippen LogP contribution in [0.4, 0.5) is 15.9 Å². The van der Waals surface area contributed by atoms with E-state index in [0.29, 0.717) is 37.7 Å². The fourth-order valence-electron chi connectivity index (χ4n) is 2.72. The average molecular weight is 352 g/mol. The van der Waals surface area contributed by atoms with E-state index in [1.165, 1.54) is 18.2 Å². The van der Waals surface area contributed by atoms with E-state index in [1.807, 2.05) is 9.80 Å². The third kappa shape index (κ3) is 3.98. The molecule has 6 nitrogen and oxygen atoms in total. The molecule has 26 heavy (non-hydrogen) atoms. The Morgan fingerprint density at radius 1 is 1.19 bits per heavy atom. The summed E-state index contributed by atoms with van der Waals surface area (Å²) in [6.07, 6.45) is 1.56. The molecule has 2 aromatic rings. The molecule has 1 aliphatic heterocycles. The summed E-state index contributed by atoms with van der Waals surface area (Å²) in [6.45, 7) is 6.46. The van der Waals surface area contributed by atoms with Crippen LogP contribution in [0, 0.1) is 27.8 Å². The Morgan fingerprint density at radius 2 is 1.88 bits per heavy atom. The maximum absolute atomic E-state index is 12.9. The maximum atomic E-state index is 12.9. The highest BCUT2D eigenvalue weighted by molar-refractivity contribution is 5.57. The van der Waals surface area contributed by atoms with Crippen LogP contribution in [0.15, 0.2) is 54.9 Å². The summed E-state index contributed by atoms with van der Waals surface area (Å²) in [6, 6.07) is 8.99. The molecular weight excluding hydrogens is 335 g/mol. The number of piperazine rings is 1. The number of halogens is 1. The van der Waals surface area contributed by atoms with Gasteiger partial charge in [0, 0.05) is 44.0 Å². The predicted octanol–water partition coefficient (Wildman–Crippen LogP) is 2.82. The van der Waals surface area contributed by atoms with Crippen molar-refractivity contribution < 1.29 is 9.31 Å². The fraction of sp³-hybridized carbons (Fsp3) is 0.211. The minimum atomic E-state index is -0.415. The number of anilines is 1. The van der Waals surface area contributed by atoms with Crippen LogP contribution in [-0.4, -0.2) is 41.0 Å². The van der Waals surface area contributed by atoms with E-state index in [9.17, 15) is 14.5 Å². The van der Waals surface area contributed by atoms with Crippen molar-refractivity contribution in [3.8, 4) is 11.8 Å². The van der Waals surface area contributed by atoms with Crippen LogP contribution in [0.2, 0.25) is 0 Å². The van der Waals surface area contributed by atoms with Crippen LogP contribution in [0.1, 0.15) is 5.56 Å². The second-order valence-corrected chi connectivity index (χ2v) is 5.78. The van der Waals surface area contributed by atoms with Crippen molar-refractivity contribution in [1.82, 2.24) is 9.88 Å². The van der Waals surface area contributed by atoms with Gasteiger partial charge in [-0.3, -0.25) is 10.1 Å². The van der Waals surface area contributed by atoms with Crippen molar-refractivity contribution in [3.05, 3.63) is 76.4 Å². The first-order valence-corrected chi connectivity index (χ1v) is 8.10. The molecule has 0 aliphatic carbocycles. The summed E-state index contributed by atoms with van der Waals surface area (Å²) in [5.74, 6) is 6.04. The number of aromatic nitrogens is 1. The Kier molecular flexibility index (Phi) is 5.13. The molecule has 0 bridgehead atoms. The molecule has 0 unspecified atom stereocenters. The van der Waals surface area contributed by atoms with Crippen LogP contribution in [0.3, 0.4) is 0 Å². The quantitative estimate of drug-likeness (QED) is 0.483. The van der Waals surface area contributed by atoms with Gasteiger partial charge in [-0.1, -0.05) is 12.5 Å². The highest BCUT2D eigenvalue weighted by Crippen LogP contribution is 2.26.